The molecular weight excluding hydrogens is 836 g/mol. The number of likely N-dealkylation sites (tertiary alicyclic amines) is 1. The molecule has 5 rings (SSSR count). The van der Waals surface area contributed by atoms with Gasteiger partial charge >= 0.3 is 37.1 Å². The van der Waals surface area contributed by atoms with Gasteiger partial charge in [-0.25, -0.2) is 4.79 Å². The second-order valence-electron chi connectivity index (χ2n) is 10.9. The number of aryl methyl sites for hydroxylation is 2. The first-order valence-corrected chi connectivity index (χ1v) is 16.3. The number of aromatic nitrogens is 2. The molecule has 1 aliphatic heterocycles. The number of carboxylic acids is 1. The normalized spacial score (nSPS) is 14.0. The Bertz CT molecular complexity index is 1500. The molecule has 0 unspecified atom stereocenters. The third-order valence-electron chi connectivity index (χ3n) is 7.09. The third-order valence-corrected chi connectivity index (χ3v) is 7.93. The SMILES string of the molecule is CC(CN1CCCC[C@@H]1C)=Nc1ccc(C(=O)O)cc1C.CCCCc1cncs1.[CH2-]c1ccc(C#N)cc1F.[U+2].[c-]1ccccn1. The molecule has 7 nitrogen and oxygen atoms in total. The van der Waals surface area contributed by atoms with Crippen LogP contribution in [0.4, 0.5) is 10.1 Å². The van der Waals surface area contributed by atoms with Crippen LogP contribution in [0.2, 0.25) is 0 Å². The number of pyridine rings is 1. The maximum Gasteiger partial charge on any atom is 2.00 e. The fourth-order valence-corrected chi connectivity index (χ4v) is 5.09. The predicted molar refractivity (Wildman–Crippen MR) is 185 cm³/mol. The van der Waals surface area contributed by atoms with Crippen LogP contribution < -0.4 is 0 Å². The Morgan fingerprint density at radius 2 is 2.04 bits per heavy atom. The van der Waals surface area contributed by atoms with Crippen molar-refractivity contribution in [2.75, 3.05) is 13.1 Å². The van der Waals surface area contributed by atoms with E-state index in [1.807, 2.05) is 43.8 Å². The summed E-state index contributed by atoms with van der Waals surface area (Å²) in [5, 5.41) is 17.3. The van der Waals surface area contributed by atoms with Crippen molar-refractivity contribution in [2.24, 2.45) is 4.99 Å². The smallest absolute Gasteiger partial charge is 0.478 e. The van der Waals surface area contributed by atoms with E-state index in [1.165, 1.54) is 61.6 Å². The number of aliphatic imine (C=N–C) groups is 1. The molecule has 0 amide bonds. The van der Waals surface area contributed by atoms with Gasteiger partial charge in [0, 0.05) is 40.8 Å². The van der Waals surface area contributed by atoms with E-state index in [2.05, 4.69) is 46.8 Å². The van der Waals surface area contributed by atoms with Gasteiger partial charge in [-0.15, -0.1) is 17.4 Å². The number of carbonyl (C=O) groups is 1. The molecule has 4 aromatic rings. The van der Waals surface area contributed by atoms with Crippen molar-refractivity contribution in [1.29, 1.82) is 5.26 Å². The fraction of sp³-hybridized carbons (Fsp3) is 0.351. The molecule has 0 spiro atoms. The van der Waals surface area contributed by atoms with Crippen LogP contribution in [0.5, 0.6) is 0 Å². The van der Waals surface area contributed by atoms with Gasteiger partial charge < -0.3 is 10.1 Å². The number of rotatable bonds is 7. The van der Waals surface area contributed by atoms with Gasteiger partial charge in [0.25, 0.3) is 0 Å². The van der Waals surface area contributed by atoms with Crippen molar-refractivity contribution in [3.05, 3.63) is 119 Å². The van der Waals surface area contributed by atoms with E-state index in [0.717, 1.165) is 30.1 Å². The first-order chi connectivity index (χ1) is 22.1. The minimum Gasteiger partial charge on any atom is -0.478 e. The Balaban J connectivity index is 0.000000352. The average molecular weight is 880 g/mol. The van der Waals surface area contributed by atoms with Gasteiger partial charge in [0.05, 0.1) is 22.8 Å². The molecule has 0 radical (unpaired) electrons. The van der Waals surface area contributed by atoms with E-state index in [-0.39, 0.29) is 31.1 Å². The molecule has 3 heterocycles. The molecule has 246 valence electrons. The standard InChI is InChI=1S/C17H24N2O2.C8H5FN.C7H11NS.C5H4N.U/c1-12-10-15(17(20)21)7-8-16(12)18-13(2)11-19-9-5-4-6-14(19)3;1-6-2-3-7(5-10)4-8(6)9;1-2-3-4-7-5-8-6-9-7;1-2-4-6-5-3-1;/h7-8,10,14H,4-6,9,11H2,1-3H3,(H,20,21);2-4H,1H2;5-6H,2-4H2,1H3;1-4H;/q;-1;;-1;+2/t14-;;;;/m0..../s1. The number of thiazole rings is 1. The maximum atomic E-state index is 12.6. The van der Waals surface area contributed by atoms with E-state index >= 15 is 0 Å². The Kier molecular flexibility index (Phi) is 21.2. The van der Waals surface area contributed by atoms with Gasteiger partial charge in [0.2, 0.25) is 0 Å². The van der Waals surface area contributed by atoms with Gasteiger partial charge in [-0.3, -0.25) is 19.3 Å². The van der Waals surface area contributed by atoms with Crippen LogP contribution in [0, 0.1) is 68.3 Å². The summed E-state index contributed by atoms with van der Waals surface area (Å²) in [5.41, 5.74) is 5.70. The quantitative estimate of drug-likeness (QED) is 0.147. The number of aromatic carboxylic acids is 1. The third kappa shape index (κ3) is 16.9. The number of benzene rings is 2. The number of piperidine rings is 1. The van der Waals surface area contributed by atoms with E-state index in [0.29, 0.717) is 22.7 Å². The van der Waals surface area contributed by atoms with E-state index in [4.69, 9.17) is 10.4 Å². The van der Waals surface area contributed by atoms with Crippen LogP contribution in [0.25, 0.3) is 0 Å². The largest absolute Gasteiger partial charge is 2.00 e. The number of halogens is 1. The van der Waals surface area contributed by atoms with Crippen molar-refractivity contribution in [1.82, 2.24) is 14.9 Å². The monoisotopic (exact) mass is 879 g/mol. The van der Waals surface area contributed by atoms with Crippen LogP contribution in [0.15, 0.2) is 77.5 Å². The summed E-state index contributed by atoms with van der Waals surface area (Å²) in [6.45, 7) is 13.9. The summed E-state index contributed by atoms with van der Waals surface area (Å²) in [6.07, 6.45) is 13.9. The number of hydrogen-bond donors (Lipinski definition) is 1. The second kappa shape index (κ2) is 23.9. The van der Waals surface area contributed by atoms with Crippen molar-refractivity contribution >= 4 is 28.7 Å². The summed E-state index contributed by atoms with van der Waals surface area (Å²) < 4.78 is 12.6. The molecule has 0 aliphatic carbocycles. The van der Waals surface area contributed by atoms with Crippen molar-refractivity contribution < 1.29 is 45.4 Å². The average Bonchev–Trinajstić information content (AvgIpc) is 3.59. The zero-order valence-corrected chi connectivity index (χ0v) is 32.7. The van der Waals surface area contributed by atoms with Crippen LogP contribution in [0.1, 0.15) is 84.8 Å². The molecule has 1 atom stereocenters. The Labute approximate surface area is 307 Å². The van der Waals surface area contributed by atoms with Crippen molar-refractivity contribution in [3.63, 3.8) is 0 Å². The van der Waals surface area contributed by atoms with Gasteiger partial charge in [-0.1, -0.05) is 38.2 Å². The number of nitriles is 1. The van der Waals surface area contributed by atoms with Gasteiger partial charge in [0.15, 0.2) is 0 Å². The predicted octanol–water partition coefficient (Wildman–Crippen LogP) is 8.91. The molecule has 0 saturated carbocycles. The second-order valence-corrected chi connectivity index (χ2v) is 11.9. The number of unbranched alkanes of at least 4 members (excludes halogenated alkanes) is 1. The van der Waals surface area contributed by atoms with E-state index in [1.54, 1.807) is 41.8 Å². The summed E-state index contributed by atoms with van der Waals surface area (Å²) >= 11 is 1.75. The zero-order valence-electron chi connectivity index (χ0n) is 27.7. The molecular formula is C37H44FN5O2SU. The van der Waals surface area contributed by atoms with Crippen LogP contribution >= 0.6 is 11.3 Å². The molecule has 2 aromatic carbocycles. The number of nitrogens with zero attached hydrogens (tertiary/aromatic N) is 5. The molecule has 1 saturated heterocycles. The Morgan fingerprint density at radius 3 is 2.55 bits per heavy atom. The van der Waals surface area contributed by atoms with Crippen molar-refractivity contribution in [2.45, 2.75) is 72.3 Å². The summed E-state index contributed by atoms with van der Waals surface area (Å²) in [5.74, 6) is -1.33. The summed E-state index contributed by atoms with van der Waals surface area (Å²) in [4.78, 5) is 27.2. The molecule has 1 aliphatic rings. The fourth-order valence-electron chi connectivity index (χ4n) is 4.45. The number of carboxylic acid groups (broad SMARTS) is 1. The van der Waals surface area contributed by atoms with Crippen LogP contribution in [0.3, 0.4) is 0 Å². The van der Waals surface area contributed by atoms with E-state index < -0.39 is 11.8 Å². The molecule has 1 N–H and O–H groups in total. The Hall–Kier alpha value is -3.34. The van der Waals surface area contributed by atoms with Gasteiger partial charge in [0.1, 0.15) is 0 Å². The minimum absolute atomic E-state index is 0. The van der Waals surface area contributed by atoms with Gasteiger partial charge in [-0.2, -0.15) is 42.0 Å². The van der Waals surface area contributed by atoms with E-state index in [9.17, 15) is 9.18 Å². The van der Waals surface area contributed by atoms with Crippen LogP contribution in [-0.2, 0) is 6.42 Å². The summed E-state index contributed by atoms with van der Waals surface area (Å²) in [6, 6.07) is 17.2. The van der Waals surface area contributed by atoms with Crippen LogP contribution in [-0.4, -0.2) is 50.8 Å². The molecule has 2 aromatic heterocycles. The molecule has 47 heavy (non-hydrogen) atoms. The molecule has 10 heteroatoms. The zero-order chi connectivity index (χ0) is 33.7. The Morgan fingerprint density at radius 1 is 1.26 bits per heavy atom. The first kappa shape index (κ1) is 41.7. The first-order valence-electron chi connectivity index (χ1n) is 15.4. The molecule has 0 bridgehead atoms. The maximum absolute atomic E-state index is 12.6. The topological polar surface area (TPSA) is 102 Å². The number of hydrogen-bond acceptors (Lipinski definition) is 7. The van der Waals surface area contributed by atoms with Crippen molar-refractivity contribution in [3.8, 4) is 6.07 Å². The molecule has 1 fully saturated rings. The van der Waals surface area contributed by atoms with Gasteiger partial charge in [-0.05, 0) is 76.8 Å². The minimum atomic E-state index is -0.896. The summed E-state index contributed by atoms with van der Waals surface area (Å²) in [7, 11) is 0.